The Hall–Kier alpha value is -0.0200. The van der Waals surface area contributed by atoms with Crippen LogP contribution in [0, 0.1) is 0 Å². The minimum atomic E-state index is 0.811. The van der Waals surface area contributed by atoms with E-state index in [1.165, 1.54) is 34.9 Å². The molecule has 1 nitrogen and oxygen atoms in total. The molecule has 1 aromatic rings. The second kappa shape index (κ2) is 9.02. The van der Waals surface area contributed by atoms with Gasteiger partial charge in [0.25, 0.3) is 0 Å². The highest BCUT2D eigenvalue weighted by atomic mass is 79.9. The Morgan fingerprint density at radius 3 is 2.32 bits per heavy atom. The molecule has 1 rings (SSSR count). The van der Waals surface area contributed by atoms with Gasteiger partial charge in [-0.25, -0.2) is 0 Å². The van der Waals surface area contributed by atoms with Gasteiger partial charge in [-0.05, 0) is 46.8 Å². The molecule has 0 aromatic heterocycles. The molecule has 0 radical (unpaired) electrons. The van der Waals surface area contributed by atoms with Gasteiger partial charge in [0.15, 0.2) is 0 Å². The van der Waals surface area contributed by atoms with Gasteiger partial charge in [-0.15, -0.1) is 0 Å². The summed E-state index contributed by atoms with van der Waals surface area (Å²) in [5.74, 6) is 1.03. The molecule has 0 unspecified atom stereocenters. The minimum Gasteiger partial charge on any atom is -0.492 e. The van der Waals surface area contributed by atoms with Crippen molar-refractivity contribution in [3.8, 4) is 5.75 Å². The molecule has 0 N–H and O–H groups in total. The van der Waals surface area contributed by atoms with Crippen molar-refractivity contribution in [2.24, 2.45) is 0 Å². The van der Waals surface area contributed by atoms with E-state index in [1.54, 1.807) is 0 Å². The van der Waals surface area contributed by atoms with Crippen LogP contribution in [-0.4, -0.2) is 6.61 Å². The Morgan fingerprint density at radius 1 is 1.00 bits per heavy atom. The molecule has 0 heterocycles. The fraction of sp³-hybridized carbons (Fsp3) is 0.625. The van der Waals surface area contributed by atoms with Crippen molar-refractivity contribution >= 4 is 31.9 Å². The van der Waals surface area contributed by atoms with Gasteiger partial charge < -0.3 is 4.74 Å². The zero-order valence-electron chi connectivity index (χ0n) is 12.2. The van der Waals surface area contributed by atoms with E-state index in [4.69, 9.17) is 4.74 Å². The van der Waals surface area contributed by atoms with Gasteiger partial charge in [0, 0.05) is 10.0 Å². The summed E-state index contributed by atoms with van der Waals surface area (Å²) in [4.78, 5) is 0. The summed E-state index contributed by atoms with van der Waals surface area (Å²) < 4.78 is 8.35. The van der Waals surface area contributed by atoms with Crippen molar-refractivity contribution in [1.82, 2.24) is 0 Å². The van der Waals surface area contributed by atoms with Gasteiger partial charge >= 0.3 is 0 Å². The second-order valence-electron chi connectivity index (χ2n) is 4.76. The Morgan fingerprint density at radius 2 is 1.74 bits per heavy atom. The van der Waals surface area contributed by atoms with Crippen molar-refractivity contribution in [2.75, 3.05) is 6.61 Å². The molecule has 0 aliphatic heterocycles. The molecule has 0 bridgehead atoms. The van der Waals surface area contributed by atoms with E-state index in [9.17, 15) is 0 Å². The highest BCUT2D eigenvalue weighted by molar-refractivity contribution is 9.11. The average molecular weight is 392 g/mol. The Balaban J connectivity index is 2.81. The third kappa shape index (κ3) is 4.78. The number of aryl methyl sites for hydroxylation is 1. The van der Waals surface area contributed by atoms with E-state index in [0.29, 0.717) is 0 Å². The number of unbranched alkanes of at least 4 members (excludes halogenated alkanes) is 3. The van der Waals surface area contributed by atoms with Crippen LogP contribution in [0.25, 0.3) is 0 Å². The smallest absolute Gasteiger partial charge is 0.138 e. The zero-order valence-corrected chi connectivity index (χ0v) is 15.4. The van der Waals surface area contributed by atoms with Crippen molar-refractivity contribution in [1.29, 1.82) is 0 Å². The van der Waals surface area contributed by atoms with E-state index in [2.05, 4.69) is 58.7 Å². The first-order valence-corrected chi connectivity index (χ1v) is 8.86. The maximum Gasteiger partial charge on any atom is 0.138 e. The van der Waals surface area contributed by atoms with Crippen LogP contribution < -0.4 is 4.74 Å². The van der Waals surface area contributed by atoms with Gasteiger partial charge in [-0.3, -0.25) is 0 Å². The van der Waals surface area contributed by atoms with Gasteiger partial charge in [0.2, 0.25) is 0 Å². The number of hydrogen-bond acceptors (Lipinski definition) is 1. The highest BCUT2D eigenvalue weighted by Crippen LogP contribution is 2.38. The molecule has 108 valence electrons. The maximum absolute atomic E-state index is 6.05. The molecule has 0 amide bonds. The summed E-state index contributed by atoms with van der Waals surface area (Å²) in [6, 6.07) is 2.20. The fourth-order valence-corrected chi connectivity index (χ4v) is 3.62. The quantitative estimate of drug-likeness (QED) is 0.472. The van der Waals surface area contributed by atoms with Crippen LogP contribution in [0.2, 0.25) is 0 Å². The molecule has 0 saturated heterocycles. The Kier molecular flexibility index (Phi) is 8.08. The highest BCUT2D eigenvalue weighted by Gasteiger charge is 2.14. The summed E-state index contributed by atoms with van der Waals surface area (Å²) in [6.45, 7) is 7.38. The summed E-state index contributed by atoms with van der Waals surface area (Å²) >= 11 is 7.37. The van der Waals surface area contributed by atoms with Crippen LogP contribution >= 0.6 is 31.9 Å². The molecule has 0 aliphatic carbocycles. The molecule has 0 saturated carbocycles. The number of rotatable bonds is 8. The van der Waals surface area contributed by atoms with Gasteiger partial charge in [-0.2, -0.15) is 0 Å². The molecule has 3 heteroatoms. The number of halogens is 2. The van der Waals surface area contributed by atoms with Crippen LogP contribution in [0.3, 0.4) is 0 Å². The lowest BCUT2D eigenvalue weighted by Gasteiger charge is -2.17. The average Bonchev–Trinajstić information content (AvgIpc) is 2.41. The first-order chi connectivity index (χ1) is 9.15. The largest absolute Gasteiger partial charge is 0.492 e. The lowest BCUT2D eigenvalue weighted by atomic mass is 10.1. The van der Waals surface area contributed by atoms with E-state index >= 15 is 0 Å². The van der Waals surface area contributed by atoms with E-state index in [0.717, 1.165) is 36.1 Å². The molecule has 0 atom stereocenters. The lowest BCUT2D eigenvalue weighted by Crippen LogP contribution is -2.03. The van der Waals surface area contributed by atoms with Crippen LogP contribution in [-0.2, 0) is 12.8 Å². The fourth-order valence-electron chi connectivity index (χ4n) is 2.13. The maximum atomic E-state index is 6.05. The predicted molar refractivity (Wildman–Crippen MR) is 90.2 cm³/mol. The molecular formula is C16H24Br2O. The predicted octanol–water partition coefficient (Wildman–Crippen LogP) is 6.30. The second-order valence-corrected chi connectivity index (χ2v) is 6.40. The van der Waals surface area contributed by atoms with Crippen molar-refractivity contribution in [3.05, 3.63) is 26.1 Å². The van der Waals surface area contributed by atoms with Crippen molar-refractivity contribution < 1.29 is 4.74 Å². The lowest BCUT2D eigenvalue weighted by molar-refractivity contribution is 0.300. The normalized spacial score (nSPS) is 10.8. The van der Waals surface area contributed by atoms with Crippen molar-refractivity contribution in [3.63, 3.8) is 0 Å². The van der Waals surface area contributed by atoms with E-state index in [1.807, 2.05) is 0 Å². The topological polar surface area (TPSA) is 9.23 Å². The van der Waals surface area contributed by atoms with Gasteiger partial charge in [0.05, 0.1) is 11.1 Å². The summed E-state index contributed by atoms with van der Waals surface area (Å²) in [5.41, 5.74) is 2.56. The molecule has 0 fully saturated rings. The van der Waals surface area contributed by atoms with Crippen LogP contribution in [0.1, 0.15) is 57.6 Å². The first kappa shape index (κ1) is 17.0. The van der Waals surface area contributed by atoms with Gasteiger partial charge in [-0.1, -0.05) is 56.0 Å². The summed E-state index contributed by atoms with van der Waals surface area (Å²) in [7, 11) is 0. The Bertz CT molecular complexity index is 402. The SMILES string of the molecule is CCCCCCOc1c(Br)c(CC)cc(Br)c1CC. The molecule has 0 spiro atoms. The van der Waals surface area contributed by atoms with Gasteiger partial charge in [0.1, 0.15) is 5.75 Å². The molecule has 0 aliphatic rings. The monoisotopic (exact) mass is 390 g/mol. The van der Waals surface area contributed by atoms with Crippen LogP contribution in [0.5, 0.6) is 5.75 Å². The third-order valence-electron chi connectivity index (χ3n) is 3.32. The molecule has 1 aromatic carbocycles. The summed E-state index contributed by atoms with van der Waals surface area (Å²) in [5, 5.41) is 0. The van der Waals surface area contributed by atoms with E-state index < -0.39 is 0 Å². The minimum absolute atomic E-state index is 0.811. The number of ether oxygens (including phenoxy) is 1. The standard InChI is InChI=1S/C16H24Br2O/c1-4-7-8-9-10-19-16-13(6-3)14(17)11-12(5-2)15(16)18/h11H,4-10H2,1-3H3. The summed E-state index contributed by atoms with van der Waals surface area (Å²) in [6.07, 6.45) is 6.94. The number of hydrogen-bond donors (Lipinski definition) is 0. The molecule has 19 heavy (non-hydrogen) atoms. The number of benzene rings is 1. The third-order valence-corrected chi connectivity index (χ3v) is 4.90. The zero-order chi connectivity index (χ0) is 14.3. The van der Waals surface area contributed by atoms with Crippen LogP contribution in [0.15, 0.2) is 15.0 Å². The Labute approximate surface area is 134 Å². The van der Waals surface area contributed by atoms with Crippen molar-refractivity contribution in [2.45, 2.75) is 59.3 Å². The molecular weight excluding hydrogens is 368 g/mol. The van der Waals surface area contributed by atoms with E-state index in [-0.39, 0.29) is 0 Å². The van der Waals surface area contributed by atoms with Crippen LogP contribution in [0.4, 0.5) is 0 Å². The first-order valence-electron chi connectivity index (χ1n) is 7.28.